The van der Waals surface area contributed by atoms with E-state index in [0.29, 0.717) is 11.9 Å². The van der Waals surface area contributed by atoms with Crippen LogP contribution in [0.4, 0.5) is 0 Å². The highest BCUT2D eigenvalue weighted by Crippen LogP contribution is 2.38. The Kier molecular flexibility index (Phi) is 2.91. The van der Waals surface area contributed by atoms with Gasteiger partial charge in [0.2, 0.25) is 5.88 Å². The van der Waals surface area contributed by atoms with Gasteiger partial charge in [-0.25, -0.2) is 0 Å². The van der Waals surface area contributed by atoms with Gasteiger partial charge in [-0.05, 0) is 5.56 Å². The molecule has 1 aromatic carbocycles. The minimum atomic E-state index is 0.127. The second-order valence-electron chi connectivity index (χ2n) is 4.27. The van der Waals surface area contributed by atoms with Crippen molar-refractivity contribution >= 4 is 6.08 Å². The highest BCUT2D eigenvalue weighted by Gasteiger charge is 2.25. The van der Waals surface area contributed by atoms with Gasteiger partial charge in [0.25, 0.3) is 0 Å². The Morgan fingerprint density at radius 3 is 2.47 bits per heavy atom. The van der Waals surface area contributed by atoms with Gasteiger partial charge in [-0.15, -0.1) is 0 Å². The van der Waals surface area contributed by atoms with E-state index in [4.69, 9.17) is 9.47 Å². The third kappa shape index (κ3) is 1.95. The van der Waals surface area contributed by atoms with Crippen LogP contribution in [0.5, 0.6) is 11.9 Å². The summed E-state index contributed by atoms with van der Waals surface area (Å²) >= 11 is 0. The Hall–Kier alpha value is -2.36. The van der Waals surface area contributed by atoms with Gasteiger partial charge in [0.15, 0.2) is 0 Å². The molecule has 0 fully saturated rings. The van der Waals surface area contributed by atoms with E-state index in [9.17, 15) is 0 Å². The zero-order chi connectivity index (χ0) is 13.2. The summed E-state index contributed by atoms with van der Waals surface area (Å²) in [6.07, 6.45) is 4.11. The molecule has 0 N–H and O–H groups in total. The summed E-state index contributed by atoms with van der Waals surface area (Å²) in [6.45, 7) is 0. The van der Waals surface area contributed by atoms with Crippen LogP contribution in [0.1, 0.15) is 22.7 Å². The second kappa shape index (κ2) is 4.72. The first kappa shape index (κ1) is 11.7. The lowest BCUT2D eigenvalue weighted by molar-refractivity contribution is 0.349. The largest absolute Gasteiger partial charge is 0.480 e. The van der Waals surface area contributed by atoms with Crippen molar-refractivity contribution in [3.05, 3.63) is 53.2 Å². The molecule has 0 bridgehead atoms. The average Bonchev–Trinajstić information content (AvgIpc) is 2.90. The fraction of sp³-hybridized carbons (Fsp3) is 0.200. The Bertz CT molecular complexity index is 624. The zero-order valence-corrected chi connectivity index (χ0v) is 10.8. The molecule has 3 rings (SSSR count). The lowest BCUT2D eigenvalue weighted by Gasteiger charge is -2.12. The van der Waals surface area contributed by atoms with Crippen LogP contribution < -0.4 is 9.47 Å². The third-order valence-corrected chi connectivity index (χ3v) is 3.20. The van der Waals surface area contributed by atoms with Gasteiger partial charge in [0.05, 0.1) is 25.5 Å². The smallest absolute Gasteiger partial charge is 0.319 e. The highest BCUT2D eigenvalue weighted by atomic mass is 16.5. The summed E-state index contributed by atoms with van der Waals surface area (Å²) in [5.74, 6) is 0.679. The molecule has 1 aromatic heterocycles. The number of fused-ring (bicyclic) bond motifs is 1. The van der Waals surface area contributed by atoms with Gasteiger partial charge in [-0.3, -0.25) is 0 Å². The lowest BCUT2D eigenvalue weighted by Crippen LogP contribution is -2.04. The van der Waals surface area contributed by atoms with Crippen molar-refractivity contribution in [3.63, 3.8) is 0 Å². The summed E-state index contributed by atoms with van der Waals surface area (Å²) in [6, 6.07) is 10.6. The number of hydrogen-bond donors (Lipinski definition) is 0. The molecule has 1 unspecified atom stereocenters. The van der Waals surface area contributed by atoms with E-state index in [1.54, 1.807) is 14.2 Å². The van der Waals surface area contributed by atoms with E-state index in [1.165, 1.54) is 5.56 Å². The normalized spacial score (nSPS) is 16.2. The Morgan fingerprint density at radius 1 is 1.00 bits per heavy atom. The van der Waals surface area contributed by atoms with Crippen LogP contribution >= 0.6 is 0 Å². The number of aromatic nitrogens is 2. The Morgan fingerprint density at radius 2 is 1.79 bits per heavy atom. The minimum Gasteiger partial charge on any atom is -0.480 e. The average molecular weight is 254 g/mol. The Labute approximate surface area is 111 Å². The highest BCUT2D eigenvalue weighted by molar-refractivity contribution is 5.67. The number of rotatable bonds is 3. The number of methoxy groups -OCH3 is 2. The molecule has 96 valence electrons. The zero-order valence-electron chi connectivity index (χ0n) is 10.8. The summed E-state index contributed by atoms with van der Waals surface area (Å²) in [7, 11) is 3.16. The summed E-state index contributed by atoms with van der Waals surface area (Å²) < 4.78 is 10.4. The maximum Gasteiger partial charge on any atom is 0.319 e. The van der Waals surface area contributed by atoms with Gasteiger partial charge >= 0.3 is 6.01 Å². The van der Waals surface area contributed by atoms with Crippen molar-refractivity contribution in [1.29, 1.82) is 0 Å². The van der Waals surface area contributed by atoms with Crippen molar-refractivity contribution in [3.8, 4) is 11.9 Å². The number of nitrogens with zero attached hydrogens (tertiary/aromatic N) is 2. The molecule has 0 aliphatic heterocycles. The van der Waals surface area contributed by atoms with Crippen molar-refractivity contribution in [2.24, 2.45) is 0 Å². The summed E-state index contributed by atoms with van der Waals surface area (Å²) in [5.41, 5.74) is 3.05. The molecule has 0 radical (unpaired) electrons. The van der Waals surface area contributed by atoms with Crippen molar-refractivity contribution in [2.75, 3.05) is 14.2 Å². The fourth-order valence-electron chi connectivity index (χ4n) is 2.30. The first-order chi connectivity index (χ1) is 9.33. The van der Waals surface area contributed by atoms with E-state index in [-0.39, 0.29) is 5.92 Å². The molecule has 19 heavy (non-hydrogen) atoms. The number of allylic oxidation sites excluding steroid dienone is 1. The van der Waals surface area contributed by atoms with E-state index in [1.807, 2.05) is 24.3 Å². The van der Waals surface area contributed by atoms with E-state index < -0.39 is 0 Å². The topological polar surface area (TPSA) is 44.2 Å². The van der Waals surface area contributed by atoms with Gasteiger partial charge in [-0.1, -0.05) is 42.5 Å². The molecule has 1 heterocycles. The SMILES string of the molecule is COc1nc(OC)c2c(n1)C(c1ccccc1)C=C2. The number of ether oxygens (including phenoxy) is 2. The molecule has 2 aromatic rings. The number of hydrogen-bond acceptors (Lipinski definition) is 4. The van der Waals surface area contributed by atoms with Crippen molar-refractivity contribution in [2.45, 2.75) is 5.92 Å². The predicted octanol–water partition coefficient (Wildman–Crippen LogP) is 2.65. The summed E-state index contributed by atoms with van der Waals surface area (Å²) in [4.78, 5) is 8.67. The maximum absolute atomic E-state index is 5.30. The lowest BCUT2D eigenvalue weighted by atomic mass is 9.98. The Balaban J connectivity index is 2.11. The molecule has 0 saturated carbocycles. The molecule has 1 atom stereocenters. The molecule has 4 nitrogen and oxygen atoms in total. The van der Waals surface area contributed by atoms with Crippen LogP contribution in [-0.4, -0.2) is 24.2 Å². The number of benzene rings is 1. The fourth-order valence-corrected chi connectivity index (χ4v) is 2.30. The van der Waals surface area contributed by atoms with Gasteiger partial charge in [0.1, 0.15) is 0 Å². The second-order valence-corrected chi connectivity index (χ2v) is 4.27. The molecule has 1 aliphatic rings. The van der Waals surface area contributed by atoms with Crippen LogP contribution in [0.3, 0.4) is 0 Å². The van der Waals surface area contributed by atoms with Gasteiger partial charge in [-0.2, -0.15) is 9.97 Å². The standard InChI is InChI=1S/C15H14N2O2/c1-18-14-12-9-8-11(10-6-4-3-5-7-10)13(12)16-15(17-14)19-2/h3-9,11H,1-2H3. The van der Waals surface area contributed by atoms with Gasteiger partial charge < -0.3 is 9.47 Å². The van der Waals surface area contributed by atoms with Crippen molar-refractivity contribution in [1.82, 2.24) is 9.97 Å². The molecule has 4 heteroatoms. The van der Waals surface area contributed by atoms with Crippen LogP contribution in [0.2, 0.25) is 0 Å². The van der Waals surface area contributed by atoms with Gasteiger partial charge in [0, 0.05) is 5.92 Å². The van der Waals surface area contributed by atoms with E-state index in [2.05, 4.69) is 28.2 Å². The van der Waals surface area contributed by atoms with E-state index >= 15 is 0 Å². The van der Waals surface area contributed by atoms with Crippen LogP contribution in [0.15, 0.2) is 36.4 Å². The van der Waals surface area contributed by atoms with Crippen LogP contribution in [0.25, 0.3) is 6.08 Å². The molecular weight excluding hydrogens is 240 g/mol. The molecule has 0 amide bonds. The maximum atomic E-state index is 5.30. The molecule has 1 aliphatic carbocycles. The first-order valence-corrected chi connectivity index (χ1v) is 6.06. The van der Waals surface area contributed by atoms with Crippen LogP contribution in [0, 0.1) is 0 Å². The molecule has 0 spiro atoms. The van der Waals surface area contributed by atoms with Crippen LogP contribution in [-0.2, 0) is 0 Å². The predicted molar refractivity (Wildman–Crippen MR) is 72.5 cm³/mol. The quantitative estimate of drug-likeness (QED) is 0.844. The molecule has 0 saturated heterocycles. The van der Waals surface area contributed by atoms with E-state index in [0.717, 1.165) is 11.3 Å². The first-order valence-electron chi connectivity index (χ1n) is 6.06. The van der Waals surface area contributed by atoms with Crippen molar-refractivity contribution < 1.29 is 9.47 Å². The summed E-state index contributed by atoms with van der Waals surface area (Å²) in [5, 5.41) is 0. The minimum absolute atomic E-state index is 0.127. The third-order valence-electron chi connectivity index (χ3n) is 3.20. The molecular formula is C15H14N2O2. The monoisotopic (exact) mass is 254 g/mol.